The Hall–Kier alpha value is -1.10. The lowest BCUT2D eigenvalue weighted by atomic mass is 10.2. The van der Waals surface area contributed by atoms with Crippen LogP contribution >= 0.6 is 0 Å². The van der Waals surface area contributed by atoms with E-state index in [-0.39, 0.29) is 5.91 Å². The number of carboxylic acids is 1. The smallest absolute Gasteiger partial charge is 0.326 e. The van der Waals surface area contributed by atoms with Gasteiger partial charge in [-0.25, -0.2) is 4.79 Å². The molecule has 76 valence electrons. The highest BCUT2D eigenvalue weighted by Crippen LogP contribution is 2.01. The van der Waals surface area contributed by atoms with Gasteiger partial charge in [0, 0.05) is 14.2 Å². The molecule has 2 unspecified atom stereocenters. The number of likely N-dealkylation sites (N-methyl/N-ethyl adjacent to an activating group) is 1. The number of ether oxygens (including phenoxy) is 1. The number of hydrogen-bond acceptors (Lipinski definition) is 3. The molecule has 0 saturated carbocycles. The van der Waals surface area contributed by atoms with E-state index in [4.69, 9.17) is 9.84 Å². The molecule has 0 aromatic heterocycles. The summed E-state index contributed by atoms with van der Waals surface area (Å²) in [5.41, 5.74) is 0. The average molecular weight is 189 g/mol. The minimum absolute atomic E-state index is 0.336. The van der Waals surface area contributed by atoms with Gasteiger partial charge in [0.2, 0.25) is 0 Å². The molecular weight excluding hydrogens is 174 g/mol. The van der Waals surface area contributed by atoms with Crippen LogP contribution in [-0.2, 0) is 14.3 Å². The third-order valence-electron chi connectivity index (χ3n) is 1.99. The van der Waals surface area contributed by atoms with Crippen molar-refractivity contribution in [2.24, 2.45) is 0 Å². The molecule has 0 bridgehead atoms. The van der Waals surface area contributed by atoms with E-state index in [1.165, 1.54) is 21.1 Å². The lowest BCUT2D eigenvalue weighted by Gasteiger charge is -2.23. The van der Waals surface area contributed by atoms with Crippen molar-refractivity contribution in [3.05, 3.63) is 0 Å². The fourth-order valence-corrected chi connectivity index (χ4v) is 0.744. The first-order chi connectivity index (χ1) is 5.91. The molecular formula is C8H15NO4. The summed E-state index contributed by atoms with van der Waals surface area (Å²) in [5.74, 6) is -1.36. The van der Waals surface area contributed by atoms with Gasteiger partial charge in [0.25, 0.3) is 5.91 Å². The SMILES string of the molecule is COC(C)C(=O)N(C)C(C)C(=O)O. The molecule has 5 heteroatoms. The lowest BCUT2D eigenvalue weighted by Crippen LogP contribution is -2.44. The Labute approximate surface area is 77.3 Å². The monoisotopic (exact) mass is 189 g/mol. The number of amides is 1. The van der Waals surface area contributed by atoms with E-state index < -0.39 is 18.1 Å². The molecule has 1 amide bonds. The molecule has 0 aromatic rings. The van der Waals surface area contributed by atoms with Crippen LogP contribution in [0.25, 0.3) is 0 Å². The zero-order valence-corrected chi connectivity index (χ0v) is 8.27. The maximum absolute atomic E-state index is 11.4. The van der Waals surface area contributed by atoms with Crippen LogP contribution in [0, 0.1) is 0 Å². The number of carbonyl (C=O) groups excluding carboxylic acids is 1. The molecule has 0 fully saturated rings. The fraction of sp³-hybridized carbons (Fsp3) is 0.750. The maximum atomic E-state index is 11.4. The van der Waals surface area contributed by atoms with Crippen molar-refractivity contribution in [3.63, 3.8) is 0 Å². The van der Waals surface area contributed by atoms with Gasteiger partial charge in [0.1, 0.15) is 12.1 Å². The Balaban J connectivity index is 4.33. The van der Waals surface area contributed by atoms with Gasteiger partial charge in [-0.1, -0.05) is 0 Å². The molecule has 2 atom stereocenters. The van der Waals surface area contributed by atoms with Gasteiger partial charge in [-0.15, -0.1) is 0 Å². The Morgan fingerprint density at radius 3 is 2.15 bits per heavy atom. The Kier molecular flexibility index (Phi) is 4.40. The number of methoxy groups -OCH3 is 1. The molecule has 0 aliphatic heterocycles. The van der Waals surface area contributed by atoms with E-state index in [2.05, 4.69) is 0 Å². The van der Waals surface area contributed by atoms with Crippen molar-refractivity contribution in [1.82, 2.24) is 4.90 Å². The Bertz CT molecular complexity index is 204. The molecule has 0 saturated heterocycles. The second-order valence-electron chi connectivity index (χ2n) is 2.84. The van der Waals surface area contributed by atoms with Crippen LogP contribution in [0.5, 0.6) is 0 Å². The average Bonchev–Trinajstić information content (AvgIpc) is 2.12. The standard InChI is InChI=1S/C8H15NO4/c1-5(8(11)12)9(3)7(10)6(2)13-4/h5-6H,1-4H3,(H,11,12). The van der Waals surface area contributed by atoms with Gasteiger partial charge >= 0.3 is 5.97 Å². The summed E-state index contributed by atoms with van der Waals surface area (Å²) in [5, 5.41) is 8.62. The molecule has 0 aliphatic carbocycles. The van der Waals surface area contributed by atoms with Crippen LogP contribution in [0.15, 0.2) is 0 Å². The third-order valence-corrected chi connectivity index (χ3v) is 1.99. The van der Waals surface area contributed by atoms with Crippen molar-refractivity contribution >= 4 is 11.9 Å². The van der Waals surface area contributed by atoms with Crippen molar-refractivity contribution in [2.45, 2.75) is 26.0 Å². The lowest BCUT2D eigenvalue weighted by molar-refractivity contribution is -0.152. The van der Waals surface area contributed by atoms with Gasteiger partial charge in [0.15, 0.2) is 0 Å². The molecule has 0 aromatic carbocycles. The van der Waals surface area contributed by atoms with E-state index in [0.717, 1.165) is 4.90 Å². The van der Waals surface area contributed by atoms with Crippen molar-refractivity contribution < 1.29 is 19.4 Å². The van der Waals surface area contributed by atoms with Gasteiger partial charge < -0.3 is 14.7 Å². The van der Waals surface area contributed by atoms with Gasteiger partial charge in [-0.2, -0.15) is 0 Å². The van der Waals surface area contributed by atoms with E-state index in [9.17, 15) is 9.59 Å². The molecule has 13 heavy (non-hydrogen) atoms. The largest absolute Gasteiger partial charge is 0.480 e. The van der Waals surface area contributed by atoms with Crippen LogP contribution in [0.2, 0.25) is 0 Å². The number of rotatable bonds is 4. The number of hydrogen-bond donors (Lipinski definition) is 1. The van der Waals surface area contributed by atoms with Crippen LogP contribution in [0.4, 0.5) is 0 Å². The first kappa shape index (κ1) is 11.9. The van der Waals surface area contributed by atoms with E-state index in [1.807, 2.05) is 0 Å². The Morgan fingerprint density at radius 1 is 1.38 bits per heavy atom. The minimum Gasteiger partial charge on any atom is -0.480 e. The van der Waals surface area contributed by atoms with Gasteiger partial charge in [-0.3, -0.25) is 4.79 Å². The summed E-state index contributed by atoms with van der Waals surface area (Å²) in [6, 6.07) is -0.829. The predicted molar refractivity (Wildman–Crippen MR) is 46.3 cm³/mol. The summed E-state index contributed by atoms with van der Waals surface area (Å²) in [4.78, 5) is 23.0. The fourth-order valence-electron chi connectivity index (χ4n) is 0.744. The zero-order chi connectivity index (χ0) is 10.6. The van der Waals surface area contributed by atoms with Gasteiger partial charge in [0.05, 0.1) is 0 Å². The molecule has 1 N–H and O–H groups in total. The Morgan fingerprint density at radius 2 is 1.85 bits per heavy atom. The van der Waals surface area contributed by atoms with E-state index >= 15 is 0 Å². The number of nitrogens with zero attached hydrogens (tertiary/aromatic N) is 1. The first-order valence-corrected chi connectivity index (χ1v) is 3.94. The highest BCUT2D eigenvalue weighted by atomic mass is 16.5. The topological polar surface area (TPSA) is 66.8 Å². The molecule has 0 radical (unpaired) electrons. The zero-order valence-electron chi connectivity index (χ0n) is 8.27. The van der Waals surface area contributed by atoms with Crippen LogP contribution < -0.4 is 0 Å². The summed E-state index contributed by atoms with van der Waals surface area (Å²) >= 11 is 0. The third kappa shape index (κ3) is 3.02. The van der Waals surface area contributed by atoms with Crippen molar-refractivity contribution in [2.75, 3.05) is 14.2 Å². The molecule has 0 rings (SSSR count). The highest BCUT2D eigenvalue weighted by Gasteiger charge is 2.25. The maximum Gasteiger partial charge on any atom is 0.326 e. The van der Waals surface area contributed by atoms with E-state index in [0.29, 0.717) is 0 Å². The molecule has 5 nitrogen and oxygen atoms in total. The molecule has 0 heterocycles. The number of aliphatic carboxylic acids is 1. The second-order valence-corrected chi connectivity index (χ2v) is 2.84. The molecule has 0 aliphatic rings. The van der Waals surface area contributed by atoms with Crippen molar-refractivity contribution in [3.8, 4) is 0 Å². The number of carboxylic acid groups (broad SMARTS) is 1. The highest BCUT2D eigenvalue weighted by molar-refractivity contribution is 5.85. The normalized spacial score (nSPS) is 14.8. The predicted octanol–water partition coefficient (Wildman–Crippen LogP) is -0.0472. The minimum atomic E-state index is -1.03. The van der Waals surface area contributed by atoms with Crippen molar-refractivity contribution in [1.29, 1.82) is 0 Å². The number of carbonyl (C=O) groups is 2. The quantitative estimate of drug-likeness (QED) is 0.673. The van der Waals surface area contributed by atoms with Crippen LogP contribution in [0.1, 0.15) is 13.8 Å². The summed E-state index contributed by atoms with van der Waals surface area (Å²) in [6.45, 7) is 3.02. The van der Waals surface area contributed by atoms with E-state index in [1.54, 1.807) is 6.92 Å². The molecule has 0 spiro atoms. The summed E-state index contributed by atoms with van der Waals surface area (Å²) in [6.07, 6.45) is -0.605. The second kappa shape index (κ2) is 4.81. The van der Waals surface area contributed by atoms with Crippen LogP contribution in [-0.4, -0.2) is 48.2 Å². The first-order valence-electron chi connectivity index (χ1n) is 3.94. The summed E-state index contributed by atoms with van der Waals surface area (Å²) in [7, 11) is 2.85. The van der Waals surface area contributed by atoms with Crippen LogP contribution in [0.3, 0.4) is 0 Å². The summed E-state index contributed by atoms with van der Waals surface area (Å²) < 4.78 is 4.78. The van der Waals surface area contributed by atoms with Gasteiger partial charge in [-0.05, 0) is 13.8 Å².